The lowest BCUT2D eigenvalue weighted by Gasteiger charge is -2.18. The van der Waals surface area contributed by atoms with Crippen molar-refractivity contribution in [3.63, 3.8) is 0 Å². The lowest BCUT2D eigenvalue weighted by molar-refractivity contribution is 0.237. The molecule has 0 spiro atoms. The molecule has 5 heteroatoms. The van der Waals surface area contributed by atoms with Crippen LogP contribution in [0.5, 0.6) is 11.5 Å². The van der Waals surface area contributed by atoms with Gasteiger partial charge in [0.25, 0.3) is 0 Å². The van der Waals surface area contributed by atoms with Crippen LogP contribution in [0.1, 0.15) is 31.4 Å². The second-order valence-corrected chi connectivity index (χ2v) is 5.13. The van der Waals surface area contributed by atoms with Crippen molar-refractivity contribution in [2.75, 3.05) is 20.8 Å². The predicted molar refractivity (Wildman–Crippen MR) is 77.2 cm³/mol. The Bertz CT molecular complexity index is 472. The van der Waals surface area contributed by atoms with Crippen LogP contribution >= 0.6 is 0 Å². The Morgan fingerprint density at radius 2 is 2.10 bits per heavy atom. The number of carbonyl (C=O) groups is 1. The van der Waals surface area contributed by atoms with E-state index in [0.717, 1.165) is 23.6 Å². The highest BCUT2D eigenvalue weighted by atomic mass is 16.5. The lowest BCUT2D eigenvalue weighted by Crippen LogP contribution is -2.38. The smallest absolute Gasteiger partial charge is 0.315 e. The molecule has 0 aromatic heterocycles. The third kappa shape index (κ3) is 3.79. The van der Waals surface area contributed by atoms with E-state index in [2.05, 4.69) is 10.6 Å². The van der Waals surface area contributed by atoms with Crippen molar-refractivity contribution in [3.8, 4) is 11.5 Å². The molecular formula is C15H22N2O3. The van der Waals surface area contributed by atoms with E-state index in [-0.39, 0.29) is 12.1 Å². The SMILES string of the molecule is COc1ccc(OC)c([C@@H](C)NC(=O)NCC2CC2)c1. The number of nitrogens with one attached hydrogen (secondary N) is 2. The zero-order valence-electron chi connectivity index (χ0n) is 12.2. The van der Waals surface area contributed by atoms with Gasteiger partial charge in [-0.05, 0) is 43.9 Å². The first-order chi connectivity index (χ1) is 9.63. The van der Waals surface area contributed by atoms with Gasteiger partial charge in [0.2, 0.25) is 0 Å². The summed E-state index contributed by atoms with van der Waals surface area (Å²) in [5.41, 5.74) is 0.897. The molecule has 0 heterocycles. The summed E-state index contributed by atoms with van der Waals surface area (Å²) in [6.07, 6.45) is 2.44. The molecule has 1 aromatic carbocycles. The monoisotopic (exact) mass is 278 g/mol. The van der Waals surface area contributed by atoms with E-state index in [1.54, 1.807) is 14.2 Å². The zero-order chi connectivity index (χ0) is 14.5. The Kier molecular flexibility index (Phi) is 4.71. The molecule has 2 amide bonds. The van der Waals surface area contributed by atoms with E-state index in [0.29, 0.717) is 5.92 Å². The first-order valence-electron chi connectivity index (χ1n) is 6.90. The normalized spacial score (nSPS) is 15.3. The van der Waals surface area contributed by atoms with Gasteiger partial charge in [0.1, 0.15) is 11.5 Å². The Morgan fingerprint density at radius 3 is 2.70 bits per heavy atom. The minimum Gasteiger partial charge on any atom is -0.497 e. The zero-order valence-corrected chi connectivity index (χ0v) is 12.2. The molecule has 0 unspecified atom stereocenters. The molecule has 0 saturated heterocycles. The molecular weight excluding hydrogens is 256 g/mol. The molecule has 1 fully saturated rings. The van der Waals surface area contributed by atoms with Crippen LogP contribution in [0.15, 0.2) is 18.2 Å². The number of hydrogen-bond donors (Lipinski definition) is 2. The van der Waals surface area contributed by atoms with Crippen molar-refractivity contribution in [2.24, 2.45) is 5.92 Å². The van der Waals surface area contributed by atoms with E-state index in [9.17, 15) is 4.79 Å². The molecule has 1 atom stereocenters. The molecule has 2 N–H and O–H groups in total. The van der Waals surface area contributed by atoms with E-state index >= 15 is 0 Å². The van der Waals surface area contributed by atoms with Crippen LogP contribution in [0.2, 0.25) is 0 Å². The fraction of sp³-hybridized carbons (Fsp3) is 0.533. The van der Waals surface area contributed by atoms with Crippen LogP contribution in [0, 0.1) is 5.92 Å². The molecule has 1 aromatic rings. The highest BCUT2D eigenvalue weighted by Crippen LogP contribution is 2.29. The lowest BCUT2D eigenvalue weighted by atomic mass is 10.1. The summed E-state index contributed by atoms with van der Waals surface area (Å²) in [6.45, 7) is 2.68. The van der Waals surface area contributed by atoms with Crippen molar-refractivity contribution in [1.82, 2.24) is 10.6 Å². The molecule has 1 aliphatic rings. The Balaban J connectivity index is 1.98. The maximum absolute atomic E-state index is 11.8. The minimum absolute atomic E-state index is 0.144. The first-order valence-corrected chi connectivity index (χ1v) is 6.90. The molecule has 2 rings (SSSR count). The van der Waals surface area contributed by atoms with Crippen molar-refractivity contribution >= 4 is 6.03 Å². The summed E-state index contributed by atoms with van der Waals surface area (Å²) in [5, 5.41) is 5.81. The largest absolute Gasteiger partial charge is 0.497 e. The highest BCUT2D eigenvalue weighted by Gasteiger charge is 2.22. The van der Waals surface area contributed by atoms with Gasteiger partial charge in [0.05, 0.1) is 20.3 Å². The molecule has 5 nitrogen and oxygen atoms in total. The summed E-state index contributed by atoms with van der Waals surface area (Å²) in [4.78, 5) is 11.8. The van der Waals surface area contributed by atoms with Gasteiger partial charge in [0, 0.05) is 12.1 Å². The number of amides is 2. The standard InChI is InChI=1S/C15H22N2O3/c1-10(17-15(18)16-9-11-4-5-11)13-8-12(19-2)6-7-14(13)20-3/h6-8,10-11H,4-5,9H2,1-3H3,(H2,16,17,18)/t10-/m1/s1. The maximum Gasteiger partial charge on any atom is 0.315 e. The minimum atomic E-state index is -0.153. The van der Waals surface area contributed by atoms with Gasteiger partial charge < -0.3 is 20.1 Å². The third-order valence-corrected chi connectivity index (χ3v) is 3.50. The topological polar surface area (TPSA) is 59.6 Å². The van der Waals surface area contributed by atoms with Crippen molar-refractivity contribution in [2.45, 2.75) is 25.8 Å². The van der Waals surface area contributed by atoms with Crippen molar-refractivity contribution in [3.05, 3.63) is 23.8 Å². The van der Waals surface area contributed by atoms with Gasteiger partial charge in [-0.15, -0.1) is 0 Å². The van der Waals surface area contributed by atoms with E-state index in [4.69, 9.17) is 9.47 Å². The van der Waals surface area contributed by atoms with E-state index in [1.165, 1.54) is 12.8 Å². The number of carbonyl (C=O) groups excluding carboxylic acids is 1. The highest BCUT2D eigenvalue weighted by molar-refractivity contribution is 5.74. The van der Waals surface area contributed by atoms with Gasteiger partial charge in [-0.1, -0.05) is 0 Å². The van der Waals surface area contributed by atoms with Gasteiger partial charge in [-0.3, -0.25) is 0 Å². The number of benzene rings is 1. The van der Waals surface area contributed by atoms with Crippen LogP contribution in [0.4, 0.5) is 4.79 Å². The Morgan fingerprint density at radius 1 is 1.35 bits per heavy atom. The van der Waals surface area contributed by atoms with Crippen LogP contribution in [0.25, 0.3) is 0 Å². The molecule has 110 valence electrons. The van der Waals surface area contributed by atoms with Crippen LogP contribution in [-0.4, -0.2) is 26.8 Å². The van der Waals surface area contributed by atoms with Crippen LogP contribution in [0.3, 0.4) is 0 Å². The number of methoxy groups -OCH3 is 2. The molecule has 1 saturated carbocycles. The van der Waals surface area contributed by atoms with Crippen molar-refractivity contribution < 1.29 is 14.3 Å². The number of rotatable bonds is 6. The van der Waals surface area contributed by atoms with Gasteiger partial charge in [0.15, 0.2) is 0 Å². The molecule has 0 bridgehead atoms. The summed E-state index contributed by atoms with van der Waals surface area (Å²) in [6, 6.07) is 5.26. The number of hydrogen-bond acceptors (Lipinski definition) is 3. The average Bonchev–Trinajstić information content (AvgIpc) is 3.28. The Labute approximate surface area is 119 Å². The summed E-state index contributed by atoms with van der Waals surface area (Å²) >= 11 is 0. The third-order valence-electron chi connectivity index (χ3n) is 3.50. The van der Waals surface area contributed by atoms with Gasteiger partial charge in [-0.25, -0.2) is 4.79 Å². The predicted octanol–water partition coefficient (Wildman–Crippen LogP) is 2.47. The van der Waals surface area contributed by atoms with E-state index < -0.39 is 0 Å². The second-order valence-electron chi connectivity index (χ2n) is 5.13. The molecule has 0 aliphatic heterocycles. The fourth-order valence-corrected chi connectivity index (χ4v) is 2.06. The van der Waals surface area contributed by atoms with Gasteiger partial charge >= 0.3 is 6.03 Å². The summed E-state index contributed by atoms with van der Waals surface area (Å²) < 4.78 is 10.5. The quantitative estimate of drug-likeness (QED) is 0.840. The molecule has 20 heavy (non-hydrogen) atoms. The fourth-order valence-electron chi connectivity index (χ4n) is 2.06. The second kappa shape index (κ2) is 6.50. The molecule has 1 aliphatic carbocycles. The van der Waals surface area contributed by atoms with Gasteiger partial charge in [-0.2, -0.15) is 0 Å². The summed E-state index contributed by atoms with van der Waals surface area (Å²) in [7, 11) is 3.23. The maximum atomic E-state index is 11.8. The Hall–Kier alpha value is -1.91. The van der Waals surface area contributed by atoms with Crippen LogP contribution < -0.4 is 20.1 Å². The van der Waals surface area contributed by atoms with Crippen LogP contribution in [-0.2, 0) is 0 Å². The average molecular weight is 278 g/mol. The number of urea groups is 1. The summed E-state index contributed by atoms with van der Waals surface area (Å²) in [5.74, 6) is 2.15. The molecule has 0 radical (unpaired) electrons. The van der Waals surface area contributed by atoms with E-state index in [1.807, 2.05) is 25.1 Å². The van der Waals surface area contributed by atoms with Crippen molar-refractivity contribution in [1.29, 1.82) is 0 Å². The number of ether oxygens (including phenoxy) is 2. The first kappa shape index (κ1) is 14.5.